The number of nitrogens with one attached hydrogen (secondary N) is 1. The van der Waals surface area contributed by atoms with Crippen LogP contribution >= 0.6 is 11.6 Å². The summed E-state index contributed by atoms with van der Waals surface area (Å²) in [5.41, 5.74) is 5.18. The third kappa shape index (κ3) is 4.27. The van der Waals surface area contributed by atoms with Gasteiger partial charge in [0.05, 0.1) is 0 Å². The summed E-state index contributed by atoms with van der Waals surface area (Å²) in [6.45, 7) is 5.69. The van der Waals surface area contributed by atoms with Gasteiger partial charge in [0.1, 0.15) is 5.16 Å². The van der Waals surface area contributed by atoms with Crippen molar-refractivity contribution < 1.29 is 0 Å². The lowest BCUT2D eigenvalue weighted by atomic mass is 10.2. The molecule has 0 aromatic rings. The fourth-order valence-electron chi connectivity index (χ4n) is 0.539. The lowest BCUT2D eigenvalue weighted by Gasteiger charge is -2.08. The van der Waals surface area contributed by atoms with E-state index in [0.29, 0.717) is 0 Å². The molecule has 0 aromatic carbocycles. The first-order valence-electron chi connectivity index (χ1n) is 3.20. The second-order valence-electron chi connectivity index (χ2n) is 1.95. The Morgan fingerprint density at radius 2 is 2.50 bits per heavy atom. The molecule has 58 valence electrons. The largest absolute Gasteiger partial charge is 0.388 e. The Balaban J connectivity index is 3.64. The Hall–Kier alpha value is -0.630. The standard InChI is InChI=1S/C7H13ClN2/c1-3-6(4-2)10-5-7(8)9/h3,5-6,10H,1,4,9H2,2H3/b7-5-. The van der Waals surface area contributed by atoms with Gasteiger partial charge in [0.25, 0.3) is 0 Å². The second kappa shape index (κ2) is 5.18. The van der Waals surface area contributed by atoms with E-state index in [2.05, 4.69) is 18.8 Å². The van der Waals surface area contributed by atoms with Gasteiger partial charge < -0.3 is 11.1 Å². The van der Waals surface area contributed by atoms with Crippen molar-refractivity contribution in [1.82, 2.24) is 5.32 Å². The van der Waals surface area contributed by atoms with Crippen LogP contribution in [0.1, 0.15) is 13.3 Å². The molecule has 1 unspecified atom stereocenters. The highest BCUT2D eigenvalue weighted by molar-refractivity contribution is 6.28. The van der Waals surface area contributed by atoms with Crippen LogP contribution in [0.2, 0.25) is 0 Å². The van der Waals surface area contributed by atoms with E-state index < -0.39 is 0 Å². The molecule has 1 atom stereocenters. The monoisotopic (exact) mass is 160 g/mol. The van der Waals surface area contributed by atoms with Crippen molar-refractivity contribution in [2.75, 3.05) is 0 Å². The lowest BCUT2D eigenvalue weighted by Crippen LogP contribution is -2.21. The van der Waals surface area contributed by atoms with Crippen LogP contribution in [0.3, 0.4) is 0 Å². The summed E-state index contributed by atoms with van der Waals surface area (Å²) in [6.07, 6.45) is 4.36. The molecule has 0 aliphatic carbocycles. The maximum absolute atomic E-state index is 5.38. The van der Waals surface area contributed by atoms with E-state index in [4.69, 9.17) is 17.3 Å². The molecule has 3 N–H and O–H groups in total. The first kappa shape index (κ1) is 9.37. The van der Waals surface area contributed by atoms with Crippen LogP contribution in [-0.2, 0) is 0 Å². The average Bonchev–Trinajstić information content (AvgIpc) is 1.90. The minimum absolute atomic E-state index is 0.261. The van der Waals surface area contributed by atoms with E-state index in [1.54, 1.807) is 6.20 Å². The van der Waals surface area contributed by atoms with Crippen LogP contribution in [0.15, 0.2) is 24.0 Å². The molecule has 0 saturated carbocycles. The van der Waals surface area contributed by atoms with Gasteiger partial charge in [0, 0.05) is 12.2 Å². The Bertz CT molecular complexity index is 128. The van der Waals surface area contributed by atoms with E-state index in [1.807, 2.05) is 6.08 Å². The van der Waals surface area contributed by atoms with Gasteiger partial charge in [-0.1, -0.05) is 24.6 Å². The van der Waals surface area contributed by atoms with Crippen LogP contribution in [-0.4, -0.2) is 6.04 Å². The molecule has 10 heavy (non-hydrogen) atoms. The maximum Gasteiger partial charge on any atom is 0.115 e. The number of hydrogen-bond acceptors (Lipinski definition) is 2. The molecular weight excluding hydrogens is 148 g/mol. The predicted molar refractivity (Wildman–Crippen MR) is 45.5 cm³/mol. The molecule has 0 bridgehead atoms. The summed E-state index contributed by atoms with van der Waals surface area (Å²) in [5.74, 6) is 0. The van der Waals surface area contributed by atoms with Crippen molar-refractivity contribution in [3.8, 4) is 0 Å². The molecule has 0 spiro atoms. The van der Waals surface area contributed by atoms with Gasteiger partial charge in [0.2, 0.25) is 0 Å². The Labute approximate surface area is 66.7 Å². The maximum atomic E-state index is 5.38. The van der Waals surface area contributed by atoms with Crippen LogP contribution in [0.25, 0.3) is 0 Å². The Kier molecular flexibility index (Phi) is 4.85. The zero-order chi connectivity index (χ0) is 7.98. The van der Waals surface area contributed by atoms with Crippen molar-refractivity contribution >= 4 is 11.6 Å². The zero-order valence-corrected chi connectivity index (χ0v) is 6.86. The molecule has 0 amide bonds. The molecule has 0 saturated heterocycles. The molecule has 2 nitrogen and oxygen atoms in total. The molecular formula is C7H13ClN2. The number of halogens is 1. The molecule has 0 aromatic heterocycles. The number of hydrogen-bond donors (Lipinski definition) is 2. The highest BCUT2D eigenvalue weighted by atomic mass is 35.5. The lowest BCUT2D eigenvalue weighted by molar-refractivity contribution is 0.676. The molecule has 0 rings (SSSR count). The van der Waals surface area contributed by atoms with Crippen molar-refractivity contribution in [2.45, 2.75) is 19.4 Å². The van der Waals surface area contributed by atoms with Gasteiger partial charge in [-0.3, -0.25) is 0 Å². The minimum atomic E-state index is 0.261. The molecule has 3 heteroatoms. The van der Waals surface area contributed by atoms with Gasteiger partial charge in [0.15, 0.2) is 0 Å². The van der Waals surface area contributed by atoms with E-state index in [-0.39, 0.29) is 11.2 Å². The minimum Gasteiger partial charge on any atom is -0.388 e. The number of rotatable bonds is 4. The van der Waals surface area contributed by atoms with Crippen LogP contribution in [0.5, 0.6) is 0 Å². The van der Waals surface area contributed by atoms with E-state index in [0.717, 1.165) is 6.42 Å². The first-order valence-corrected chi connectivity index (χ1v) is 3.58. The van der Waals surface area contributed by atoms with Gasteiger partial charge in [-0.2, -0.15) is 0 Å². The topological polar surface area (TPSA) is 38.0 Å². The molecule has 0 aliphatic rings. The van der Waals surface area contributed by atoms with Gasteiger partial charge >= 0.3 is 0 Å². The number of nitrogens with two attached hydrogens (primary N) is 1. The quantitative estimate of drug-likeness (QED) is 0.484. The smallest absolute Gasteiger partial charge is 0.115 e. The van der Waals surface area contributed by atoms with E-state index in [1.165, 1.54) is 0 Å². The molecule has 0 heterocycles. The van der Waals surface area contributed by atoms with Crippen LogP contribution in [0, 0.1) is 0 Å². The highest BCUT2D eigenvalue weighted by Gasteiger charge is 1.94. The third-order valence-corrected chi connectivity index (χ3v) is 1.27. The normalized spacial score (nSPS) is 14.4. The van der Waals surface area contributed by atoms with Gasteiger partial charge in [-0.15, -0.1) is 6.58 Å². The SMILES string of the molecule is C=CC(CC)N/C=C(\N)Cl. The van der Waals surface area contributed by atoms with Crippen molar-refractivity contribution in [3.05, 3.63) is 24.0 Å². The molecule has 0 fully saturated rings. The summed E-state index contributed by atoms with van der Waals surface area (Å²) in [6, 6.07) is 0.261. The van der Waals surface area contributed by atoms with E-state index in [9.17, 15) is 0 Å². The average molecular weight is 161 g/mol. The van der Waals surface area contributed by atoms with Crippen molar-refractivity contribution in [2.24, 2.45) is 5.73 Å². The third-order valence-electron chi connectivity index (χ3n) is 1.16. The highest BCUT2D eigenvalue weighted by Crippen LogP contribution is 1.93. The molecule has 0 aliphatic heterocycles. The summed E-state index contributed by atoms with van der Waals surface area (Å²) >= 11 is 5.38. The fraction of sp³-hybridized carbons (Fsp3) is 0.429. The zero-order valence-electron chi connectivity index (χ0n) is 6.10. The predicted octanol–water partition coefficient (Wildman–Crippen LogP) is 1.54. The summed E-state index contributed by atoms with van der Waals surface area (Å²) in [5, 5.41) is 3.25. The Morgan fingerprint density at radius 3 is 2.80 bits per heavy atom. The van der Waals surface area contributed by atoms with Crippen LogP contribution in [0.4, 0.5) is 0 Å². The summed E-state index contributed by atoms with van der Waals surface area (Å²) < 4.78 is 0. The fourth-order valence-corrected chi connectivity index (χ4v) is 0.602. The second-order valence-corrected chi connectivity index (χ2v) is 2.38. The van der Waals surface area contributed by atoms with Crippen LogP contribution < -0.4 is 11.1 Å². The van der Waals surface area contributed by atoms with Gasteiger partial charge in [-0.05, 0) is 6.42 Å². The first-order chi connectivity index (χ1) is 4.70. The van der Waals surface area contributed by atoms with Gasteiger partial charge in [-0.25, -0.2) is 0 Å². The van der Waals surface area contributed by atoms with Crippen molar-refractivity contribution in [1.29, 1.82) is 0 Å². The van der Waals surface area contributed by atoms with E-state index >= 15 is 0 Å². The molecule has 0 radical (unpaired) electrons. The summed E-state index contributed by atoms with van der Waals surface area (Å²) in [4.78, 5) is 0. The van der Waals surface area contributed by atoms with Crippen molar-refractivity contribution in [3.63, 3.8) is 0 Å². The summed E-state index contributed by atoms with van der Waals surface area (Å²) in [7, 11) is 0. The Morgan fingerprint density at radius 1 is 1.90 bits per heavy atom.